The van der Waals surface area contributed by atoms with Crippen molar-refractivity contribution in [3.63, 3.8) is 0 Å². The third-order valence-electron chi connectivity index (χ3n) is 6.37. The molecule has 6 heteroatoms. The lowest BCUT2D eigenvalue weighted by Crippen LogP contribution is -2.50. The highest BCUT2D eigenvalue weighted by Crippen LogP contribution is 2.38. The summed E-state index contributed by atoms with van der Waals surface area (Å²) >= 11 is 0. The lowest BCUT2D eigenvalue weighted by atomic mass is 10.1. The van der Waals surface area contributed by atoms with Crippen LogP contribution in [0.1, 0.15) is 54.4 Å². The SMILES string of the molecule is C#CC[C@@H](O)[C@H](OCCCO[Si](C)(C)C(C)(C)C)[C@@H](C=C)O[Si](C)(C)C(C)(C)C. The van der Waals surface area contributed by atoms with Gasteiger partial charge < -0.3 is 18.7 Å². The molecule has 0 aromatic heterocycles. The van der Waals surface area contributed by atoms with E-state index >= 15 is 0 Å². The Morgan fingerprint density at radius 1 is 1.00 bits per heavy atom. The summed E-state index contributed by atoms with van der Waals surface area (Å²) in [5, 5.41) is 10.8. The van der Waals surface area contributed by atoms with Crippen molar-refractivity contribution < 1.29 is 18.7 Å². The molecule has 0 unspecified atom stereocenters. The summed E-state index contributed by atoms with van der Waals surface area (Å²) in [6, 6.07) is 0. The van der Waals surface area contributed by atoms with E-state index in [1.165, 1.54) is 0 Å². The Morgan fingerprint density at radius 3 is 1.93 bits per heavy atom. The smallest absolute Gasteiger partial charge is 0.193 e. The second-order valence-corrected chi connectivity index (χ2v) is 20.4. The molecule has 0 fully saturated rings. The Bertz CT molecular complexity index is 539. The first-order valence-corrected chi connectivity index (χ1v) is 16.5. The average Bonchev–Trinajstić information content (AvgIpc) is 2.54. The fraction of sp³-hybridized carbons (Fsp3) is 0.826. The Hall–Kier alpha value is -0.426. The molecule has 1 N–H and O–H groups in total. The molecular formula is C23H46O4Si2. The van der Waals surface area contributed by atoms with Gasteiger partial charge in [-0.2, -0.15) is 0 Å². The summed E-state index contributed by atoms with van der Waals surface area (Å²) in [6.45, 7) is 27.2. The van der Waals surface area contributed by atoms with Crippen molar-refractivity contribution in [2.24, 2.45) is 0 Å². The number of hydrogen-bond acceptors (Lipinski definition) is 4. The molecule has 0 rings (SSSR count). The van der Waals surface area contributed by atoms with Gasteiger partial charge in [0.15, 0.2) is 16.6 Å². The summed E-state index contributed by atoms with van der Waals surface area (Å²) in [7, 11) is -3.82. The Kier molecular flexibility index (Phi) is 11.1. The predicted octanol–water partition coefficient (Wildman–Crippen LogP) is 5.74. The molecule has 0 aliphatic heterocycles. The number of ether oxygens (including phenoxy) is 1. The van der Waals surface area contributed by atoms with Crippen molar-refractivity contribution >= 4 is 16.6 Å². The van der Waals surface area contributed by atoms with Gasteiger partial charge in [-0.05, 0) is 42.7 Å². The van der Waals surface area contributed by atoms with E-state index < -0.39 is 34.9 Å². The molecule has 170 valence electrons. The highest BCUT2D eigenvalue weighted by Gasteiger charge is 2.41. The summed E-state index contributed by atoms with van der Waals surface area (Å²) < 4.78 is 18.8. The zero-order valence-electron chi connectivity index (χ0n) is 20.6. The Labute approximate surface area is 182 Å². The molecule has 0 aromatic rings. The third kappa shape index (κ3) is 9.08. The molecule has 0 aliphatic carbocycles. The van der Waals surface area contributed by atoms with Crippen LogP contribution in [0.3, 0.4) is 0 Å². The molecule has 0 aromatic carbocycles. The van der Waals surface area contributed by atoms with Crippen LogP contribution >= 0.6 is 0 Å². The van der Waals surface area contributed by atoms with E-state index in [1.807, 2.05) is 0 Å². The monoisotopic (exact) mass is 442 g/mol. The van der Waals surface area contributed by atoms with Crippen molar-refractivity contribution in [1.29, 1.82) is 0 Å². The van der Waals surface area contributed by atoms with Crippen LogP contribution in [0.2, 0.25) is 36.3 Å². The fourth-order valence-corrected chi connectivity index (χ4v) is 4.60. The van der Waals surface area contributed by atoms with Gasteiger partial charge in [0.25, 0.3) is 0 Å². The van der Waals surface area contributed by atoms with E-state index in [0.717, 1.165) is 6.42 Å². The van der Waals surface area contributed by atoms with Gasteiger partial charge >= 0.3 is 0 Å². The maximum atomic E-state index is 10.6. The van der Waals surface area contributed by atoms with Crippen LogP contribution in [0.25, 0.3) is 0 Å². The molecule has 3 atom stereocenters. The number of hydrogen-bond donors (Lipinski definition) is 1. The second kappa shape index (κ2) is 11.3. The predicted molar refractivity (Wildman–Crippen MR) is 129 cm³/mol. The van der Waals surface area contributed by atoms with E-state index in [4.69, 9.17) is 20.0 Å². The third-order valence-corrected chi connectivity index (χ3v) is 15.4. The highest BCUT2D eigenvalue weighted by molar-refractivity contribution is 6.74. The van der Waals surface area contributed by atoms with Crippen molar-refractivity contribution in [1.82, 2.24) is 0 Å². The van der Waals surface area contributed by atoms with Crippen LogP contribution in [-0.2, 0) is 13.6 Å². The number of aliphatic hydroxyl groups is 1. The van der Waals surface area contributed by atoms with Crippen LogP contribution < -0.4 is 0 Å². The van der Waals surface area contributed by atoms with Gasteiger partial charge in [0.05, 0.1) is 12.2 Å². The largest absolute Gasteiger partial charge is 0.417 e. The van der Waals surface area contributed by atoms with E-state index in [9.17, 15) is 5.11 Å². The van der Waals surface area contributed by atoms with Crippen molar-refractivity contribution in [2.45, 2.75) is 109 Å². The fourth-order valence-electron chi connectivity index (χ4n) is 2.25. The molecule has 0 saturated heterocycles. The van der Waals surface area contributed by atoms with E-state index in [-0.39, 0.29) is 16.5 Å². The van der Waals surface area contributed by atoms with Crippen molar-refractivity contribution in [3.05, 3.63) is 12.7 Å². The van der Waals surface area contributed by atoms with Gasteiger partial charge in [-0.25, -0.2) is 0 Å². The van der Waals surface area contributed by atoms with Gasteiger partial charge in [-0.15, -0.1) is 18.9 Å². The summed E-state index contributed by atoms with van der Waals surface area (Å²) in [5.74, 6) is 2.53. The topological polar surface area (TPSA) is 47.9 Å². The summed E-state index contributed by atoms with van der Waals surface area (Å²) in [5.41, 5.74) is 0. The molecule has 0 aliphatic rings. The minimum absolute atomic E-state index is 0.0485. The molecule has 0 saturated carbocycles. The first-order valence-electron chi connectivity index (χ1n) is 10.7. The van der Waals surface area contributed by atoms with E-state index in [0.29, 0.717) is 13.2 Å². The lowest BCUT2D eigenvalue weighted by Gasteiger charge is -2.41. The van der Waals surface area contributed by atoms with Crippen molar-refractivity contribution in [3.8, 4) is 12.3 Å². The standard InChI is InChI=1S/C23H46O4Si2/c1-13-16-19(24)21(20(14-2)27-29(11,12)23(6,7)8)25-17-15-18-26-28(9,10)22(3,4)5/h1,14,19-21,24H,2,15-18H2,3-12H3/t19-,20-,21+/m1/s1. The average molecular weight is 443 g/mol. The van der Waals surface area contributed by atoms with Crippen LogP contribution in [0.5, 0.6) is 0 Å². The zero-order chi connectivity index (χ0) is 23.1. The van der Waals surface area contributed by atoms with E-state index in [2.05, 4.69) is 80.2 Å². The van der Waals surface area contributed by atoms with Crippen LogP contribution in [-0.4, -0.2) is 53.3 Å². The molecule has 29 heavy (non-hydrogen) atoms. The van der Waals surface area contributed by atoms with Gasteiger partial charge in [-0.1, -0.05) is 47.6 Å². The molecule has 4 nitrogen and oxygen atoms in total. The molecule has 0 heterocycles. The Morgan fingerprint density at radius 2 is 1.52 bits per heavy atom. The molecular weight excluding hydrogens is 396 g/mol. The van der Waals surface area contributed by atoms with Gasteiger partial charge in [0.1, 0.15) is 6.10 Å². The maximum Gasteiger partial charge on any atom is 0.193 e. The van der Waals surface area contributed by atoms with Gasteiger partial charge in [0, 0.05) is 19.6 Å². The molecule has 0 spiro atoms. The van der Waals surface area contributed by atoms with Crippen LogP contribution in [0.4, 0.5) is 0 Å². The minimum Gasteiger partial charge on any atom is -0.417 e. The minimum atomic E-state index is -2.05. The maximum absolute atomic E-state index is 10.6. The first-order chi connectivity index (χ1) is 13.0. The zero-order valence-corrected chi connectivity index (χ0v) is 22.6. The molecule has 0 radical (unpaired) electrons. The lowest BCUT2D eigenvalue weighted by molar-refractivity contribution is -0.0816. The van der Waals surface area contributed by atoms with Gasteiger partial charge in [-0.3, -0.25) is 0 Å². The second-order valence-electron chi connectivity index (χ2n) is 10.9. The summed E-state index contributed by atoms with van der Waals surface area (Å²) in [6.07, 6.45) is 6.41. The number of rotatable bonds is 12. The van der Waals surface area contributed by atoms with Gasteiger partial charge in [0.2, 0.25) is 0 Å². The number of terminal acetylenes is 1. The van der Waals surface area contributed by atoms with Crippen molar-refractivity contribution in [2.75, 3.05) is 13.2 Å². The molecule has 0 bridgehead atoms. The normalized spacial score (nSPS) is 16.8. The van der Waals surface area contributed by atoms with Crippen LogP contribution in [0, 0.1) is 12.3 Å². The van der Waals surface area contributed by atoms with E-state index in [1.54, 1.807) is 6.08 Å². The first kappa shape index (κ1) is 28.6. The highest BCUT2D eigenvalue weighted by atomic mass is 28.4. The summed E-state index contributed by atoms with van der Waals surface area (Å²) in [4.78, 5) is 0. The van der Waals surface area contributed by atoms with Crippen LogP contribution in [0.15, 0.2) is 12.7 Å². The molecule has 0 amide bonds. The number of aliphatic hydroxyl groups excluding tert-OH is 1. The Balaban J connectivity index is 5.03. The quantitative estimate of drug-likeness (QED) is 0.181.